The summed E-state index contributed by atoms with van der Waals surface area (Å²) in [5, 5.41) is 10.9. The van der Waals surface area contributed by atoms with Crippen molar-refractivity contribution in [2.45, 2.75) is 40.5 Å². The standard InChI is InChI=1S/C22H28N8O/c1-14-5-6-19(20(25-14)30-12-9-24-28-30)21(31)23-13-18-7-10-29(11-8-18)22-26-16(3)15(2)17(4)27-22/h5-6,9,12,18H,7-8,10-11,13H2,1-4H3,(H,23,31). The molecule has 0 aromatic carbocycles. The van der Waals surface area contributed by atoms with Crippen LogP contribution in [0.3, 0.4) is 0 Å². The molecule has 9 nitrogen and oxygen atoms in total. The number of piperidine rings is 1. The van der Waals surface area contributed by atoms with E-state index >= 15 is 0 Å². The SMILES string of the molecule is Cc1ccc(C(=O)NCC2CCN(c3nc(C)c(C)c(C)n3)CC2)c(-n2ccnn2)n1. The minimum Gasteiger partial charge on any atom is -0.352 e. The van der Waals surface area contributed by atoms with Crippen LogP contribution in [-0.2, 0) is 0 Å². The van der Waals surface area contributed by atoms with Gasteiger partial charge in [0.1, 0.15) is 0 Å². The van der Waals surface area contributed by atoms with Crippen molar-refractivity contribution in [1.82, 2.24) is 35.3 Å². The highest BCUT2D eigenvalue weighted by Crippen LogP contribution is 2.22. The maximum atomic E-state index is 12.9. The molecule has 0 bridgehead atoms. The minimum atomic E-state index is -0.145. The number of pyridine rings is 1. The summed E-state index contributed by atoms with van der Waals surface area (Å²) in [7, 11) is 0. The highest BCUT2D eigenvalue weighted by molar-refractivity contribution is 5.97. The lowest BCUT2D eigenvalue weighted by Crippen LogP contribution is -2.39. The third kappa shape index (κ3) is 4.55. The number of hydrogen-bond acceptors (Lipinski definition) is 7. The lowest BCUT2D eigenvalue weighted by Gasteiger charge is -2.32. The van der Waals surface area contributed by atoms with Gasteiger partial charge in [-0.2, -0.15) is 0 Å². The monoisotopic (exact) mass is 420 g/mol. The summed E-state index contributed by atoms with van der Waals surface area (Å²) in [5.41, 5.74) is 4.53. The number of nitrogens with zero attached hydrogens (tertiary/aromatic N) is 7. The smallest absolute Gasteiger partial charge is 0.255 e. The van der Waals surface area contributed by atoms with Crippen molar-refractivity contribution in [3.63, 3.8) is 0 Å². The summed E-state index contributed by atoms with van der Waals surface area (Å²) in [6, 6.07) is 3.62. The molecule has 3 aromatic heterocycles. The van der Waals surface area contributed by atoms with Gasteiger partial charge in [0.2, 0.25) is 5.95 Å². The molecular weight excluding hydrogens is 392 g/mol. The van der Waals surface area contributed by atoms with Crippen molar-refractivity contribution in [3.05, 3.63) is 52.7 Å². The average Bonchev–Trinajstić information content (AvgIpc) is 3.30. The first kappa shape index (κ1) is 20.9. The molecule has 0 unspecified atom stereocenters. The van der Waals surface area contributed by atoms with Crippen LogP contribution in [0.15, 0.2) is 24.5 Å². The van der Waals surface area contributed by atoms with Crippen molar-refractivity contribution >= 4 is 11.9 Å². The first-order chi connectivity index (χ1) is 14.9. The quantitative estimate of drug-likeness (QED) is 0.676. The van der Waals surface area contributed by atoms with E-state index in [0.717, 1.165) is 54.5 Å². The van der Waals surface area contributed by atoms with Gasteiger partial charge in [0.15, 0.2) is 5.82 Å². The summed E-state index contributed by atoms with van der Waals surface area (Å²) in [5.74, 6) is 1.58. The van der Waals surface area contributed by atoms with E-state index in [1.165, 1.54) is 4.68 Å². The Balaban J connectivity index is 1.36. The molecule has 31 heavy (non-hydrogen) atoms. The fraction of sp³-hybridized carbons (Fsp3) is 0.455. The maximum absolute atomic E-state index is 12.9. The van der Waals surface area contributed by atoms with Crippen molar-refractivity contribution in [1.29, 1.82) is 0 Å². The number of anilines is 1. The maximum Gasteiger partial charge on any atom is 0.255 e. The van der Waals surface area contributed by atoms with Gasteiger partial charge in [-0.25, -0.2) is 19.6 Å². The van der Waals surface area contributed by atoms with Crippen LogP contribution in [0.4, 0.5) is 5.95 Å². The fourth-order valence-electron chi connectivity index (χ4n) is 3.78. The number of carbonyl (C=O) groups is 1. The zero-order chi connectivity index (χ0) is 22.0. The molecule has 9 heteroatoms. The summed E-state index contributed by atoms with van der Waals surface area (Å²) in [6.45, 7) is 10.4. The minimum absolute atomic E-state index is 0.145. The van der Waals surface area contributed by atoms with Gasteiger partial charge in [-0.3, -0.25) is 4.79 Å². The molecule has 0 spiro atoms. The predicted octanol–water partition coefficient (Wildman–Crippen LogP) is 2.33. The molecular formula is C22H28N8O. The van der Waals surface area contributed by atoms with Crippen LogP contribution < -0.4 is 10.2 Å². The zero-order valence-electron chi connectivity index (χ0n) is 18.5. The van der Waals surface area contributed by atoms with Crippen molar-refractivity contribution < 1.29 is 4.79 Å². The highest BCUT2D eigenvalue weighted by atomic mass is 16.1. The Bertz CT molecular complexity index is 1050. The van der Waals surface area contributed by atoms with E-state index in [9.17, 15) is 4.79 Å². The molecule has 4 heterocycles. The van der Waals surface area contributed by atoms with Gasteiger partial charge in [0.25, 0.3) is 5.91 Å². The number of nitrogens with one attached hydrogen (secondary N) is 1. The Morgan fingerprint density at radius 2 is 1.77 bits per heavy atom. The second kappa shape index (κ2) is 8.79. The Morgan fingerprint density at radius 3 is 2.42 bits per heavy atom. The van der Waals surface area contributed by atoms with Crippen LogP contribution >= 0.6 is 0 Å². The first-order valence-corrected chi connectivity index (χ1v) is 10.6. The van der Waals surface area contributed by atoms with E-state index in [1.807, 2.05) is 26.8 Å². The molecule has 0 atom stereocenters. The third-order valence-corrected chi connectivity index (χ3v) is 5.97. The van der Waals surface area contributed by atoms with Gasteiger partial charge >= 0.3 is 0 Å². The Kier molecular flexibility index (Phi) is 5.92. The Labute approximate surface area is 181 Å². The van der Waals surface area contributed by atoms with Crippen LogP contribution in [0.5, 0.6) is 0 Å². The van der Waals surface area contributed by atoms with Gasteiger partial charge in [-0.05, 0) is 64.2 Å². The topological polar surface area (TPSA) is 102 Å². The van der Waals surface area contributed by atoms with Crippen LogP contribution in [0.25, 0.3) is 5.82 Å². The van der Waals surface area contributed by atoms with Gasteiger partial charge in [0, 0.05) is 36.7 Å². The lowest BCUT2D eigenvalue weighted by atomic mass is 9.97. The summed E-state index contributed by atoms with van der Waals surface area (Å²) >= 11 is 0. The van der Waals surface area contributed by atoms with E-state index < -0.39 is 0 Å². The van der Waals surface area contributed by atoms with Crippen molar-refractivity contribution in [2.75, 3.05) is 24.5 Å². The molecule has 4 rings (SSSR count). The number of aromatic nitrogens is 6. The van der Waals surface area contributed by atoms with Crippen LogP contribution in [0, 0.1) is 33.6 Å². The predicted molar refractivity (Wildman–Crippen MR) is 117 cm³/mol. The molecule has 162 valence electrons. The zero-order valence-corrected chi connectivity index (χ0v) is 18.5. The van der Waals surface area contributed by atoms with Crippen molar-refractivity contribution in [2.24, 2.45) is 5.92 Å². The Hall–Kier alpha value is -3.36. The number of carbonyl (C=O) groups excluding carboxylic acids is 1. The second-order valence-electron chi connectivity index (χ2n) is 8.13. The number of amides is 1. The van der Waals surface area contributed by atoms with E-state index in [-0.39, 0.29) is 5.91 Å². The van der Waals surface area contributed by atoms with Gasteiger partial charge in [-0.15, -0.1) is 5.10 Å². The number of aryl methyl sites for hydroxylation is 3. The van der Waals surface area contributed by atoms with Gasteiger partial charge < -0.3 is 10.2 Å². The first-order valence-electron chi connectivity index (χ1n) is 10.6. The molecule has 1 fully saturated rings. The Morgan fingerprint density at radius 1 is 1.06 bits per heavy atom. The number of hydrogen-bond donors (Lipinski definition) is 1. The van der Waals surface area contributed by atoms with Crippen molar-refractivity contribution in [3.8, 4) is 5.82 Å². The molecule has 0 radical (unpaired) electrons. The summed E-state index contributed by atoms with van der Waals surface area (Å²) in [4.78, 5) is 28.9. The van der Waals surface area contributed by atoms with Gasteiger partial charge in [0.05, 0.1) is 18.0 Å². The second-order valence-corrected chi connectivity index (χ2v) is 8.13. The van der Waals surface area contributed by atoms with Crippen LogP contribution in [0.1, 0.15) is 45.8 Å². The summed E-state index contributed by atoms with van der Waals surface area (Å²) < 4.78 is 1.52. The number of rotatable bonds is 5. The molecule has 0 aliphatic carbocycles. The molecule has 1 aliphatic rings. The van der Waals surface area contributed by atoms with Crippen LogP contribution in [-0.4, -0.2) is 55.5 Å². The molecule has 0 saturated carbocycles. The summed E-state index contributed by atoms with van der Waals surface area (Å²) in [6.07, 6.45) is 5.22. The van der Waals surface area contributed by atoms with E-state index in [4.69, 9.17) is 0 Å². The average molecular weight is 421 g/mol. The molecule has 1 saturated heterocycles. The molecule has 3 aromatic rings. The molecule has 1 aliphatic heterocycles. The molecule has 1 N–H and O–H groups in total. The normalized spacial score (nSPS) is 14.6. The molecule has 1 amide bonds. The third-order valence-electron chi connectivity index (χ3n) is 5.97. The highest BCUT2D eigenvalue weighted by Gasteiger charge is 2.23. The van der Waals surface area contributed by atoms with E-state index in [2.05, 4.69) is 42.4 Å². The largest absolute Gasteiger partial charge is 0.352 e. The van der Waals surface area contributed by atoms with E-state index in [0.29, 0.717) is 23.8 Å². The van der Waals surface area contributed by atoms with Gasteiger partial charge in [-0.1, -0.05) is 5.21 Å². The van der Waals surface area contributed by atoms with Crippen LogP contribution in [0.2, 0.25) is 0 Å². The fourth-order valence-corrected chi connectivity index (χ4v) is 3.78. The van der Waals surface area contributed by atoms with E-state index in [1.54, 1.807) is 18.5 Å². The lowest BCUT2D eigenvalue weighted by molar-refractivity contribution is 0.0944.